The first-order chi connectivity index (χ1) is 28.3. The first-order valence-corrected chi connectivity index (χ1v) is 19.8. The van der Waals surface area contributed by atoms with Crippen LogP contribution in [0.3, 0.4) is 0 Å². The van der Waals surface area contributed by atoms with E-state index in [9.17, 15) is 0 Å². The molecule has 12 aromatic rings. The van der Waals surface area contributed by atoms with Gasteiger partial charge >= 0.3 is 0 Å². The molecule has 6 heteroatoms. The lowest BCUT2D eigenvalue weighted by molar-refractivity contribution is 0.669. The van der Waals surface area contributed by atoms with Crippen LogP contribution in [0.5, 0.6) is 0 Å². The highest BCUT2D eigenvalue weighted by atomic mass is 32.1. The zero-order valence-electron chi connectivity index (χ0n) is 30.4. The van der Waals surface area contributed by atoms with Crippen molar-refractivity contribution in [3.05, 3.63) is 182 Å². The van der Waals surface area contributed by atoms with Gasteiger partial charge in [-0.1, -0.05) is 127 Å². The maximum absolute atomic E-state index is 6.60. The second kappa shape index (κ2) is 12.6. The Balaban J connectivity index is 1.10. The summed E-state index contributed by atoms with van der Waals surface area (Å²) in [6, 6.07) is 63.7. The lowest BCUT2D eigenvalue weighted by Crippen LogP contribution is -2.00. The topological polar surface area (TPSA) is 56.7 Å². The number of benzene rings is 8. The summed E-state index contributed by atoms with van der Waals surface area (Å²) in [6.07, 6.45) is 0. The van der Waals surface area contributed by atoms with Gasteiger partial charge in [-0.3, -0.25) is 0 Å². The van der Waals surface area contributed by atoms with Gasteiger partial charge in [-0.25, -0.2) is 15.0 Å². The third-order valence-corrected chi connectivity index (χ3v) is 12.2. The number of aromatic nitrogens is 4. The normalized spacial score (nSPS) is 11.9. The smallest absolute Gasteiger partial charge is 0.164 e. The Hall–Kier alpha value is -7.41. The molecule has 0 radical (unpaired) electrons. The van der Waals surface area contributed by atoms with E-state index in [0.717, 1.165) is 44.2 Å². The van der Waals surface area contributed by atoms with E-state index in [4.69, 9.17) is 19.4 Å². The molecule has 0 saturated carbocycles. The summed E-state index contributed by atoms with van der Waals surface area (Å²) in [6.45, 7) is 0. The summed E-state index contributed by atoms with van der Waals surface area (Å²) in [5, 5.41) is 7.07. The Bertz CT molecular complexity index is 3420. The summed E-state index contributed by atoms with van der Waals surface area (Å²) in [4.78, 5) is 15.0. The summed E-state index contributed by atoms with van der Waals surface area (Å²) in [5.41, 5.74) is 10.3. The van der Waals surface area contributed by atoms with Crippen LogP contribution in [0.1, 0.15) is 0 Å². The fourth-order valence-electron chi connectivity index (χ4n) is 8.57. The van der Waals surface area contributed by atoms with Crippen molar-refractivity contribution in [2.45, 2.75) is 0 Å². The van der Waals surface area contributed by atoms with Crippen molar-refractivity contribution in [3.8, 4) is 51.0 Å². The molecule has 0 spiro atoms. The van der Waals surface area contributed by atoms with Crippen molar-refractivity contribution in [3.63, 3.8) is 0 Å². The van der Waals surface area contributed by atoms with Crippen LogP contribution in [0.25, 0.3) is 115 Å². The van der Waals surface area contributed by atoms with Crippen molar-refractivity contribution in [2.24, 2.45) is 0 Å². The minimum absolute atomic E-state index is 0.609. The second-order valence-corrected chi connectivity index (χ2v) is 15.4. The Morgan fingerprint density at radius 3 is 1.60 bits per heavy atom. The molecule has 12 rings (SSSR count). The first-order valence-electron chi connectivity index (χ1n) is 19.0. The minimum Gasteiger partial charge on any atom is -0.456 e. The fraction of sp³-hybridized carbons (Fsp3) is 0. The van der Waals surface area contributed by atoms with Gasteiger partial charge in [0.1, 0.15) is 11.2 Å². The molecular weight excluding hydrogens is 717 g/mol. The van der Waals surface area contributed by atoms with Gasteiger partial charge in [-0.15, -0.1) is 11.3 Å². The molecule has 0 unspecified atom stereocenters. The molecule has 4 heterocycles. The Morgan fingerprint density at radius 1 is 0.386 bits per heavy atom. The summed E-state index contributed by atoms with van der Waals surface area (Å²) >= 11 is 1.84. The highest BCUT2D eigenvalue weighted by Gasteiger charge is 2.22. The molecule has 5 nitrogen and oxygen atoms in total. The van der Waals surface area contributed by atoms with Crippen LogP contribution in [0.2, 0.25) is 0 Å². The zero-order chi connectivity index (χ0) is 37.5. The number of rotatable bonds is 5. The number of hydrogen-bond acceptors (Lipinski definition) is 5. The molecule has 0 fully saturated rings. The van der Waals surface area contributed by atoms with Gasteiger partial charge in [0.25, 0.3) is 0 Å². The minimum atomic E-state index is 0.609. The van der Waals surface area contributed by atoms with Crippen LogP contribution in [0.4, 0.5) is 0 Å². The van der Waals surface area contributed by atoms with Gasteiger partial charge in [-0.05, 0) is 65.7 Å². The average molecular weight is 747 g/mol. The highest BCUT2D eigenvalue weighted by molar-refractivity contribution is 7.26. The van der Waals surface area contributed by atoms with Crippen molar-refractivity contribution < 1.29 is 4.42 Å². The van der Waals surface area contributed by atoms with Gasteiger partial charge in [0.15, 0.2) is 17.5 Å². The van der Waals surface area contributed by atoms with E-state index < -0.39 is 0 Å². The predicted octanol–water partition coefficient (Wildman–Crippen LogP) is 13.9. The predicted molar refractivity (Wildman–Crippen MR) is 236 cm³/mol. The average Bonchev–Trinajstić information content (AvgIpc) is 3.96. The zero-order valence-corrected chi connectivity index (χ0v) is 31.2. The molecule has 0 saturated heterocycles. The van der Waals surface area contributed by atoms with E-state index in [0.29, 0.717) is 17.5 Å². The summed E-state index contributed by atoms with van der Waals surface area (Å²) in [5.74, 6) is 1.87. The quantitative estimate of drug-likeness (QED) is 0.176. The van der Waals surface area contributed by atoms with Crippen LogP contribution >= 0.6 is 11.3 Å². The van der Waals surface area contributed by atoms with Crippen LogP contribution in [0.15, 0.2) is 186 Å². The standard InChI is InChI=1S/C51H30N4OS/c1-3-14-31(15-4-1)49-52-50(32-16-5-2-6-17-32)54-51(53-49)33-28-29-42-38(30-33)46-36(20-11-25-43(46)56-42)37-21-12-26-44-47(37)48-41(24-13-27-45(48)57-44)55-39-22-9-7-18-34(39)35-19-8-10-23-40(35)55/h1-30H. The van der Waals surface area contributed by atoms with E-state index in [2.05, 4.69) is 114 Å². The van der Waals surface area contributed by atoms with Crippen molar-refractivity contribution in [1.82, 2.24) is 19.5 Å². The largest absolute Gasteiger partial charge is 0.456 e. The van der Waals surface area contributed by atoms with Crippen molar-refractivity contribution >= 4 is 75.3 Å². The lowest BCUT2D eigenvalue weighted by Gasteiger charge is -2.12. The summed E-state index contributed by atoms with van der Waals surface area (Å²) in [7, 11) is 0. The summed E-state index contributed by atoms with van der Waals surface area (Å²) < 4.78 is 11.5. The second-order valence-electron chi connectivity index (χ2n) is 14.3. The van der Waals surface area contributed by atoms with Crippen LogP contribution in [0, 0.1) is 0 Å². The molecule has 0 bridgehead atoms. The number of para-hydroxylation sites is 2. The fourth-order valence-corrected chi connectivity index (χ4v) is 9.72. The SMILES string of the molecule is c1ccc(-c2nc(-c3ccccc3)nc(-c3ccc4oc5cccc(-c6cccc7sc8cccc(-n9c%10ccccc%10c%10ccccc%109)c8c67)c5c4c3)n2)cc1. The van der Waals surface area contributed by atoms with E-state index in [1.807, 2.05) is 84.1 Å². The van der Waals surface area contributed by atoms with Gasteiger partial charge in [0.05, 0.1) is 16.7 Å². The molecule has 0 atom stereocenters. The van der Waals surface area contributed by atoms with E-state index in [-0.39, 0.29) is 0 Å². The van der Waals surface area contributed by atoms with Crippen molar-refractivity contribution in [2.75, 3.05) is 0 Å². The van der Waals surface area contributed by atoms with Gasteiger partial charge < -0.3 is 8.98 Å². The number of nitrogens with zero attached hydrogens (tertiary/aromatic N) is 4. The molecule has 266 valence electrons. The molecule has 0 aliphatic rings. The number of furan rings is 1. The third-order valence-electron chi connectivity index (χ3n) is 11.1. The van der Waals surface area contributed by atoms with E-state index >= 15 is 0 Å². The molecular formula is C51H30N4OS. The van der Waals surface area contributed by atoms with Crippen LogP contribution < -0.4 is 0 Å². The van der Waals surface area contributed by atoms with Crippen LogP contribution in [-0.4, -0.2) is 19.5 Å². The Labute approximate surface area is 330 Å². The molecule has 57 heavy (non-hydrogen) atoms. The molecule has 4 aromatic heterocycles. The molecule has 0 N–H and O–H groups in total. The monoisotopic (exact) mass is 746 g/mol. The lowest BCUT2D eigenvalue weighted by atomic mass is 9.94. The van der Waals surface area contributed by atoms with Gasteiger partial charge in [0.2, 0.25) is 0 Å². The van der Waals surface area contributed by atoms with Gasteiger partial charge in [-0.2, -0.15) is 0 Å². The van der Waals surface area contributed by atoms with Gasteiger partial charge in [0, 0.05) is 58.4 Å². The number of fused-ring (bicyclic) bond motifs is 9. The van der Waals surface area contributed by atoms with Crippen molar-refractivity contribution in [1.29, 1.82) is 0 Å². The number of hydrogen-bond donors (Lipinski definition) is 0. The molecule has 0 aliphatic heterocycles. The maximum atomic E-state index is 6.60. The molecule has 8 aromatic carbocycles. The van der Waals surface area contributed by atoms with Crippen LogP contribution in [-0.2, 0) is 0 Å². The third kappa shape index (κ3) is 4.98. The molecule has 0 amide bonds. The first kappa shape index (κ1) is 31.9. The Morgan fingerprint density at radius 2 is 0.930 bits per heavy atom. The van der Waals surface area contributed by atoms with E-state index in [1.54, 1.807) is 0 Å². The van der Waals surface area contributed by atoms with E-state index in [1.165, 1.54) is 53.2 Å². The Kier molecular flexibility index (Phi) is 7.03. The molecule has 0 aliphatic carbocycles. The maximum Gasteiger partial charge on any atom is 0.164 e. The highest BCUT2D eigenvalue weighted by Crippen LogP contribution is 2.47. The number of thiophene rings is 1.